The van der Waals surface area contributed by atoms with Crippen molar-refractivity contribution < 1.29 is 9.63 Å². The fourth-order valence-electron chi connectivity index (χ4n) is 1.37. The quantitative estimate of drug-likeness (QED) is 0.324. The zero-order valence-corrected chi connectivity index (χ0v) is 8.82. The number of hydroxylamine groups is 1. The average Bonchev–Trinajstić information content (AvgIpc) is 2.20. The zero-order valence-electron chi connectivity index (χ0n) is 8.82. The third-order valence-electron chi connectivity index (χ3n) is 2.25. The molecule has 84 valence electrons. The van der Waals surface area contributed by atoms with Crippen molar-refractivity contribution in [3.05, 3.63) is 24.3 Å². The Hall–Kier alpha value is -1.17. The first-order valence-electron chi connectivity index (χ1n) is 4.84. The lowest BCUT2D eigenvalue weighted by molar-refractivity contribution is -0.119. The Bertz CT molecular complexity index is 276. The summed E-state index contributed by atoms with van der Waals surface area (Å²) in [5, 5.41) is 3.01. The summed E-state index contributed by atoms with van der Waals surface area (Å²) < 4.78 is 0. The highest BCUT2D eigenvalue weighted by atomic mass is 16.6. The highest BCUT2D eigenvalue weighted by Gasteiger charge is 2.22. The molecule has 0 bridgehead atoms. The maximum Gasteiger partial charge on any atom is 0.238 e. The minimum atomic E-state index is -0.373. The van der Waals surface area contributed by atoms with Gasteiger partial charge in [-0.2, -0.15) is 5.48 Å². The second-order valence-corrected chi connectivity index (χ2v) is 3.47. The van der Waals surface area contributed by atoms with E-state index in [9.17, 15) is 4.79 Å². The number of rotatable bonds is 5. The number of nitrogens with one attached hydrogen (secondary N) is 2. The maximum atomic E-state index is 10.9. The van der Waals surface area contributed by atoms with E-state index in [1.165, 1.54) is 0 Å². The molecule has 0 aliphatic carbocycles. The van der Waals surface area contributed by atoms with Gasteiger partial charge in [-0.05, 0) is 6.92 Å². The predicted molar refractivity (Wildman–Crippen MR) is 57.8 cm³/mol. The van der Waals surface area contributed by atoms with Gasteiger partial charge in [0.25, 0.3) is 0 Å². The Kier molecular flexibility index (Phi) is 4.48. The topological polar surface area (TPSA) is 76.4 Å². The molecule has 0 saturated heterocycles. The van der Waals surface area contributed by atoms with Crippen molar-refractivity contribution in [2.75, 3.05) is 13.2 Å². The van der Waals surface area contributed by atoms with Crippen LogP contribution >= 0.6 is 0 Å². The second-order valence-electron chi connectivity index (χ2n) is 3.47. The van der Waals surface area contributed by atoms with Crippen LogP contribution in [-0.2, 0) is 9.63 Å². The molecule has 0 aromatic carbocycles. The van der Waals surface area contributed by atoms with Crippen molar-refractivity contribution in [3.63, 3.8) is 0 Å². The smallest absolute Gasteiger partial charge is 0.238 e. The molecule has 0 fully saturated rings. The first-order chi connectivity index (χ1) is 7.15. The van der Waals surface area contributed by atoms with Gasteiger partial charge in [0.2, 0.25) is 5.91 Å². The number of primary amides is 1. The Labute approximate surface area is 89.3 Å². The van der Waals surface area contributed by atoms with Crippen molar-refractivity contribution in [2.24, 2.45) is 5.73 Å². The van der Waals surface area contributed by atoms with Crippen LogP contribution in [0, 0.1) is 0 Å². The van der Waals surface area contributed by atoms with Crippen LogP contribution in [0.4, 0.5) is 0 Å². The van der Waals surface area contributed by atoms with Crippen LogP contribution in [0.25, 0.3) is 0 Å². The highest BCUT2D eigenvalue weighted by Crippen LogP contribution is 2.08. The Morgan fingerprint density at radius 3 is 3.20 bits per heavy atom. The number of hydrogen-bond acceptors (Lipinski definition) is 4. The Morgan fingerprint density at radius 2 is 2.67 bits per heavy atom. The molecule has 1 rings (SSSR count). The van der Waals surface area contributed by atoms with Crippen LogP contribution in [0.1, 0.15) is 6.92 Å². The van der Waals surface area contributed by atoms with E-state index in [0.717, 1.165) is 5.57 Å². The molecular formula is C10H17N3O2. The summed E-state index contributed by atoms with van der Waals surface area (Å²) in [7, 11) is 0. The fraction of sp³-hybridized carbons (Fsp3) is 0.500. The number of carbonyl (C=O) groups excluding carboxylic acids is 1. The summed E-state index contributed by atoms with van der Waals surface area (Å²) in [6, 6.07) is -0.303. The summed E-state index contributed by atoms with van der Waals surface area (Å²) in [6.45, 7) is 6.54. The van der Waals surface area contributed by atoms with Gasteiger partial charge in [0.15, 0.2) is 0 Å². The van der Waals surface area contributed by atoms with Crippen LogP contribution in [0.5, 0.6) is 0 Å². The van der Waals surface area contributed by atoms with E-state index in [0.29, 0.717) is 13.2 Å². The molecule has 1 amide bonds. The molecule has 0 unspecified atom stereocenters. The van der Waals surface area contributed by atoms with E-state index >= 15 is 0 Å². The molecule has 1 aliphatic rings. The highest BCUT2D eigenvalue weighted by molar-refractivity contribution is 5.82. The Morgan fingerprint density at radius 1 is 1.93 bits per heavy atom. The van der Waals surface area contributed by atoms with Crippen LogP contribution < -0.4 is 16.5 Å². The molecule has 0 spiro atoms. The van der Waals surface area contributed by atoms with Gasteiger partial charge >= 0.3 is 0 Å². The van der Waals surface area contributed by atoms with Gasteiger partial charge in [0.05, 0.1) is 12.6 Å². The van der Waals surface area contributed by atoms with Crippen molar-refractivity contribution in [3.8, 4) is 0 Å². The number of nitrogens with two attached hydrogens (primary N) is 1. The minimum Gasteiger partial charge on any atom is -0.368 e. The van der Waals surface area contributed by atoms with Crippen molar-refractivity contribution >= 4 is 5.91 Å². The summed E-state index contributed by atoms with van der Waals surface area (Å²) in [5.74, 6) is -0.361. The van der Waals surface area contributed by atoms with Crippen LogP contribution in [0.15, 0.2) is 24.3 Å². The van der Waals surface area contributed by atoms with Crippen LogP contribution in [-0.4, -0.2) is 31.1 Å². The summed E-state index contributed by atoms with van der Waals surface area (Å²) in [5.41, 5.74) is 9.11. The molecule has 1 heterocycles. The van der Waals surface area contributed by atoms with Gasteiger partial charge in [-0.25, -0.2) is 0 Å². The number of carbonyl (C=O) groups is 1. The third-order valence-corrected chi connectivity index (χ3v) is 2.25. The predicted octanol–water partition coefficient (Wildman–Crippen LogP) is -0.534. The van der Waals surface area contributed by atoms with E-state index < -0.39 is 0 Å². The van der Waals surface area contributed by atoms with Crippen molar-refractivity contribution in [2.45, 2.75) is 19.0 Å². The van der Waals surface area contributed by atoms with Gasteiger partial charge in [0.1, 0.15) is 6.04 Å². The molecule has 4 N–H and O–H groups in total. The van der Waals surface area contributed by atoms with Crippen LogP contribution in [0.2, 0.25) is 0 Å². The average molecular weight is 211 g/mol. The van der Waals surface area contributed by atoms with E-state index in [-0.39, 0.29) is 18.0 Å². The monoisotopic (exact) mass is 211 g/mol. The van der Waals surface area contributed by atoms with Gasteiger partial charge < -0.3 is 11.1 Å². The lowest BCUT2D eigenvalue weighted by Crippen LogP contribution is -2.51. The maximum absolute atomic E-state index is 10.9. The first-order valence-corrected chi connectivity index (χ1v) is 4.84. The summed E-state index contributed by atoms with van der Waals surface area (Å²) in [4.78, 5) is 16.0. The molecule has 5 heteroatoms. The molecule has 5 nitrogen and oxygen atoms in total. The normalized spacial score (nSPS) is 25.8. The van der Waals surface area contributed by atoms with E-state index in [2.05, 4.69) is 17.4 Å². The lowest BCUT2D eigenvalue weighted by atomic mass is 10.0. The van der Waals surface area contributed by atoms with Crippen molar-refractivity contribution in [1.29, 1.82) is 0 Å². The second kappa shape index (κ2) is 5.65. The summed E-state index contributed by atoms with van der Waals surface area (Å²) in [6.07, 6.45) is 3.47. The molecule has 15 heavy (non-hydrogen) atoms. The van der Waals surface area contributed by atoms with E-state index in [1.807, 2.05) is 6.92 Å². The van der Waals surface area contributed by atoms with Gasteiger partial charge in [-0.1, -0.05) is 17.7 Å². The SMILES string of the molecule is C=CCON[C@H]1CN[C@@H](C(N)=O)C=C1C. The standard InChI is InChI=1S/C10H17N3O2/c1-3-4-15-13-9-6-12-8(10(11)14)5-7(9)2/h3,5,8-9,12-13H,1,4,6H2,2H3,(H2,11,14)/t8-,9+/m1/s1. The Balaban J connectivity index is 2.46. The third kappa shape index (κ3) is 3.47. The molecule has 0 saturated carbocycles. The summed E-state index contributed by atoms with van der Waals surface area (Å²) >= 11 is 0. The molecular weight excluding hydrogens is 194 g/mol. The first kappa shape index (κ1) is 11.9. The fourth-order valence-corrected chi connectivity index (χ4v) is 1.37. The minimum absolute atomic E-state index is 0.0700. The lowest BCUT2D eigenvalue weighted by Gasteiger charge is -2.27. The molecule has 0 aromatic rings. The largest absolute Gasteiger partial charge is 0.368 e. The molecule has 0 radical (unpaired) electrons. The van der Waals surface area contributed by atoms with Crippen molar-refractivity contribution in [1.82, 2.24) is 10.8 Å². The van der Waals surface area contributed by atoms with Gasteiger partial charge in [-0.15, -0.1) is 6.58 Å². The molecule has 1 aliphatic heterocycles. The zero-order chi connectivity index (χ0) is 11.3. The number of hydrogen-bond donors (Lipinski definition) is 3. The van der Waals surface area contributed by atoms with Crippen LogP contribution in [0.3, 0.4) is 0 Å². The number of amides is 1. The van der Waals surface area contributed by atoms with Gasteiger partial charge in [0, 0.05) is 6.54 Å². The molecule has 2 atom stereocenters. The van der Waals surface area contributed by atoms with E-state index in [4.69, 9.17) is 10.6 Å². The van der Waals surface area contributed by atoms with Gasteiger partial charge in [-0.3, -0.25) is 9.63 Å². The van der Waals surface area contributed by atoms with E-state index in [1.54, 1.807) is 12.2 Å². The molecule has 0 aromatic heterocycles.